The summed E-state index contributed by atoms with van der Waals surface area (Å²) in [6.45, 7) is 3.85. The molecule has 0 saturated heterocycles. The summed E-state index contributed by atoms with van der Waals surface area (Å²) in [5, 5.41) is 10.6. The largest absolute Gasteiger partial charge is 0.385 e. The van der Waals surface area contributed by atoms with Gasteiger partial charge in [0.15, 0.2) is 0 Å². The first-order valence-electron chi connectivity index (χ1n) is 5.87. The summed E-state index contributed by atoms with van der Waals surface area (Å²) in [5.41, 5.74) is 2.06. The van der Waals surface area contributed by atoms with E-state index in [1.165, 1.54) is 0 Å². The molecule has 94 valence electrons. The summed E-state index contributed by atoms with van der Waals surface area (Å²) in [5.74, 6) is 0. The fourth-order valence-electron chi connectivity index (χ4n) is 1.95. The third-order valence-corrected chi connectivity index (χ3v) is 3.42. The Bertz CT molecular complexity index is 534. The Hall–Kier alpha value is -1.19. The monoisotopic (exact) mass is 305 g/mol. The third-order valence-electron chi connectivity index (χ3n) is 2.95. The molecule has 0 amide bonds. The second kappa shape index (κ2) is 5.21. The van der Waals surface area contributed by atoms with Crippen molar-refractivity contribution in [2.75, 3.05) is 0 Å². The Morgan fingerprint density at radius 2 is 2.06 bits per heavy atom. The lowest BCUT2D eigenvalue weighted by atomic mass is 9.90. The van der Waals surface area contributed by atoms with Crippen LogP contribution in [0.1, 0.15) is 23.7 Å². The number of pyridine rings is 1. The van der Waals surface area contributed by atoms with E-state index < -0.39 is 5.60 Å². The number of rotatable bonds is 3. The summed E-state index contributed by atoms with van der Waals surface area (Å²) in [4.78, 5) is 4.30. The van der Waals surface area contributed by atoms with E-state index in [1.54, 1.807) is 6.20 Å². The van der Waals surface area contributed by atoms with Crippen LogP contribution in [0.25, 0.3) is 0 Å². The van der Waals surface area contributed by atoms with Gasteiger partial charge in [-0.15, -0.1) is 0 Å². The number of nitrogens with zero attached hydrogens (tertiary/aromatic N) is 1. The molecule has 18 heavy (non-hydrogen) atoms. The fourth-order valence-corrected chi connectivity index (χ4v) is 2.18. The molecule has 2 rings (SSSR count). The first kappa shape index (κ1) is 13.2. The molecule has 2 aromatic rings. The van der Waals surface area contributed by atoms with Crippen molar-refractivity contribution in [2.24, 2.45) is 0 Å². The molecular weight excluding hydrogens is 290 g/mol. The van der Waals surface area contributed by atoms with Crippen LogP contribution in [0, 0.1) is 6.92 Å². The highest BCUT2D eigenvalue weighted by Gasteiger charge is 2.24. The minimum Gasteiger partial charge on any atom is -0.385 e. The number of hydrogen-bond acceptors (Lipinski definition) is 2. The van der Waals surface area contributed by atoms with E-state index in [-0.39, 0.29) is 0 Å². The number of aromatic nitrogens is 1. The lowest BCUT2D eigenvalue weighted by Gasteiger charge is -2.24. The van der Waals surface area contributed by atoms with Crippen molar-refractivity contribution in [1.29, 1.82) is 0 Å². The summed E-state index contributed by atoms with van der Waals surface area (Å²) < 4.78 is 0.946. The van der Waals surface area contributed by atoms with Gasteiger partial charge in [0.25, 0.3) is 0 Å². The Morgan fingerprint density at radius 3 is 2.67 bits per heavy atom. The molecule has 1 atom stereocenters. The van der Waals surface area contributed by atoms with Crippen molar-refractivity contribution < 1.29 is 5.11 Å². The highest BCUT2D eigenvalue weighted by molar-refractivity contribution is 9.10. The highest BCUT2D eigenvalue weighted by atomic mass is 79.9. The maximum absolute atomic E-state index is 10.6. The van der Waals surface area contributed by atoms with Gasteiger partial charge in [-0.05, 0) is 47.5 Å². The van der Waals surface area contributed by atoms with Gasteiger partial charge in [0.05, 0.1) is 5.60 Å². The van der Waals surface area contributed by atoms with Gasteiger partial charge < -0.3 is 5.11 Å². The molecule has 0 radical (unpaired) electrons. The van der Waals surface area contributed by atoms with Crippen LogP contribution in [0.4, 0.5) is 0 Å². The Morgan fingerprint density at radius 1 is 1.28 bits per heavy atom. The number of aliphatic hydroxyl groups is 1. The average molecular weight is 306 g/mol. The molecule has 0 aliphatic rings. The van der Waals surface area contributed by atoms with E-state index in [2.05, 4.69) is 20.9 Å². The predicted molar refractivity (Wildman–Crippen MR) is 76.4 cm³/mol. The number of hydrogen-bond donors (Lipinski definition) is 1. The van der Waals surface area contributed by atoms with Crippen LogP contribution < -0.4 is 0 Å². The molecule has 1 N–H and O–H groups in total. The minimum atomic E-state index is -0.896. The van der Waals surface area contributed by atoms with Crippen LogP contribution in [-0.4, -0.2) is 10.1 Å². The Kier molecular flexibility index (Phi) is 3.83. The second-order valence-corrected chi connectivity index (χ2v) is 5.70. The van der Waals surface area contributed by atoms with E-state index >= 15 is 0 Å². The molecule has 0 aliphatic carbocycles. The minimum absolute atomic E-state index is 0.504. The van der Waals surface area contributed by atoms with Gasteiger partial charge in [0.2, 0.25) is 0 Å². The molecule has 0 spiro atoms. The van der Waals surface area contributed by atoms with Crippen LogP contribution in [0.2, 0.25) is 0 Å². The van der Waals surface area contributed by atoms with E-state index in [0.717, 1.165) is 21.3 Å². The fraction of sp³-hybridized carbons (Fsp3) is 0.267. The Labute approximate surface area is 116 Å². The third kappa shape index (κ3) is 3.18. The molecule has 0 saturated carbocycles. The second-order valence-electron chi connectivity index (χ2n) is 4.79. The van der Waals surface area contributed by atoms with E-state index in [9.17, 15) is 5.11 Å². The molecule has 3 heteroatoms. The SMILES string of the molecule is Cc1cccc(C(C)(O)Cc2ccc(Br)cn2)c1. The Balaban J connectivity index is 2.23. The lowest BCUT2D eigenvalue weighted by molar-refractivity contribution is 0.0565. The van der Waals surface area contributed by atoms with Gasteiger partial charge in [-0.1, -0.05) is 29.8 Å². The quantitative estimate of drug-likeness (QED) is 0.940. The lowest BCUT2D eigenvalue weighted by Crippen LogP contribution is -2.24. The van der Waals surface area contributed by atoms with Gasteiger partial charge >= 0.3 is 0 Å². The molecule has 1 heterocycles. The van der Waals surface area contributed by atoms with Gasteiger partial charge in [0, 0.05) is 22.8 Å². The summed E-state index contributed by atoms with van der Waals surface area (Å²) >= 11 is 3.35. The average Bonchev–Trinajstić information content (AvgIpc) is 2.32. The maximum Gasteiger partial charge on any atom is 0.0923 e. The van der Waals surface area contributed by atoms with Crippen molar-refractivity contribution >= 4 is 15.9 Å². The maximum atomic E-state index is 10.6. The molecule has 1 unspecified atom stereocenters. The smallest absolute Gasteiger partial charge is 0.0923 e. The van der Waals surface area contributed by atoms with Crippen molar-refractivity contribution in [2.45, 2.75) is 25.9 Å². The van der Waals surface area contributed by atoms with Crippen molar-refractivity contribution in [3.8, 4) is 0 Å². The zero-order valence-corrected chi connectivity index (χ0v) is 12.1. The molecular formula is C15H16BrNO. The van der Waals surface area contributed by atoms with Crippen LogP contribution in [-0.2, 0) is 12.0 Å². The van der Waals surface area contributed by atoms with E-state index in [0.29, 0.717) is 6.42 Å². The first-order chi connectivity index (χ1) is 8.47. The van der Waals surface area contributed by atoms with Crippen LogP contribution >= 0.6 is 15.9 Å². The molecule has 2 nitrogen and oxygen atoms in total. The molecule has 0 bridgehead atoms. The van der Waals surface area contributed by atoms with Crippen LogP contribution in [0.5, 0.6) is 0 Å². The number of halogens is 1. The number of benzene rings is 1. The highest BCUT2D eigenvalue weighted by Crippen LogP contribution is 2.25. The number of aryl methyl sites for hydroxylation is 1. The van der Waals surface area contributed by atoms with Crippen LogP contribution in [0.15, 0.2) is 47.1 Å². The zero-order valence-electron chi connectivity index (χ0n) is 10.5. The summed E-state index contributed by atoms with van der Waals surface area (Å²) in [6, 6.07) is 11.8. The van der Waals surface area contributed by atoms with Gasteiger partial charge in [0.1, 0.15) is 0 Å². The standard InChI is InChI=1S/C15H16BrNO/c1-11-4-3-5-12(8-11)15(2,18)9-14-7-6-13(16)10-17-14/h3-8,10,18H,9H2,1-2H3. The van der Waals surface area contributed by atoms with Gasteiger partial charge in [-0.2, -0.15) is 0 Å². The topological polar surface area (TPSA) is 33.1 Å². The van der Waals surface area contributed by atoms with E-state index in [1.807, 2.05) is 50.2 Å². The summed E-state index contributed by atoms with van der Waals surface area (Å²) in [6.07, 6.45) is 2.26. The molecule has 1 aromatic carbocycles. The first-order valence-corrected chi connectivity index (χ1v) is 6.67. The van der Waals surface area contributed by atoms with Crippen molar-refractivity contribution in [3.63, 3.8) is 0 Å². The summed E-state index contributed by atoms with van der Waals surface area (Å²) in [7, 11) is 0. The predicted octanol–water partition coefficient (Wildman–Crippen LogP) is 3.60. The molecule has 0 fully saturated rings. The van der Waals surface area contributed by atoms with Crippen molar-refractivity contribution in [1.82, 2.24) is 4.98 Å². The molecule has 0 aliphatic heterocycles. The van der Waals surface area contributed by atoms with E-state index in [4.69, 9.17) is 0 Å². The zero-order chi connectivity index (χ0) is 13.2. The van der Waals surface area contributed by atoms with Crippen molar-refractivity contribution in [3.05, 3.63) is 63.9 Å². The van der Waals surface area contributed by atoms with Gasteiger partial charge in [-0.25, -0.2) is 0 Å². The molecule has 1 aromatic heterocycles. The normalized spacial score (nSPS) is 14.2. The van der Waals surface area contributed by atoms with Gasteiger partial charge in [-0.3, -0.25) is 4.98 Å². The van der Waals surface area contributed by atoms with Crippen LogP contribution in [0.3, 0.4) is 0 Å².